The standard InChI is InChI=1S/C18H15BrN2O2S/c1-10-6-13(19)17-15(7-10)24-18(21-17)20-16(22)9-11-2-3-14-12(8-11)4-5-23-14/h2-3,6-8H,4-5,9H2,1H3,(H,20,21,22). The number of aromatic nitrogens is 1. The summed E-state index contributed by atoms with van der Waals surface area (Å²) in [6.45, 7) is 2.77. The molecule has 6 heteroatoms. The molecule has 2 aromatic carbocycles. The van der Waals surface area contributed by atoms with Gasteiger partial charge in [0.25, 0.3) is 0 Å². The number of aryl methyl sites for hydroxylation is 1. The zero-order chi connectivity index (χ0) is 16.7. The largest absolute Gasteiger partial charge is 0.493 e. The minimum Gasteiger partial charge on any atom is -0.493 e. The van der Waals surface area contributed by atoms with Crippen LogP contribution in [0.25, 0.3) is 10.2 Å². The summed E-state index contributed by atoms with van der Waals surface area (Å²) in [5.41, 5.74) is 4.22. The predicted molar refractivity (Wildman–Crippen MR) is 100 cm³/mol. The highest BCUT2D eigenvalue weighted by Crippen LogP contribution is 2.32. The van der Waals surface area contributed by atoms with Crippen molar-refractivity contribution in [2.24, 2.45) is 0 Å². The van der Waals surface area contributed by atoms with Gasteiger partial charge in [-0.3, -0.25) is 4.79 Å². The maximum atomic E-state index is 12.3. The Morgan fingerprint density at radius 3 is 3.12 bits per heavy atom. The number of hydrogen-bond acceptors (Lipinski definition) is 4. The fraction of sp³-hybridized carbons (Fsp3) is 0.222. The topological polar surface area (TPSA) is 51.2 Å². The van der Waals surface area contributed by atoms with Crippen LogP contribution >= 0.6 is 27.3 Å². The summed E-state index contributed by atoms with van der Waals surface area (Å²) in [4.78, 5) is 16.8. The lowest BCUT2D eigenvalue weighted by atomic mass is 10.1. The second-order valence-corrected chi connectivity index (χ2v) is 7.76. The van der Waals surface area contributed by atoms with Crippen LogP contribution in [0.1, 0.15) is 16.7 Å². The summed E-state index contributed by atoms with van der Waals surface area (Å²) in [7, 11) is 0. The SMILES string of the molecule is Cc1cc(Br)c2nc(NC(=O)Cc3ccc4c(c3)CCO4)sc2c1. The predicted octanol–water partition coefficient (Wildman–Crippen LogP) is 4.48. The van der Waals surface area contributed by atoms with E-state index in [-0.39, 0.29) is 5.91 Å². The highest BCUT2D eigenvalue weighted by atomic mass is 79.9. The molecule has 4 nitrogen and oxygen atoms in total. The lowest BCUT2D eigenvalue weighted by Crippen LogP contribution is -2.14. The number of hydrogen-bond donors (Lipinski definition) is 1. The zero-order valence-corrected chi connectivity index (χ0v) is 15.5. The first-order chi connectivity index (χ1) is 11.6. The number of anilines is 1. The number of fused-ring (bicyclic) bond motifs is 2. The Labute approximate surface area is 152 Å². The number of thiazole rings is 1. The molecule has 0 atom stereocenters. The average molecular weight is 403 g/mol. The highest BCUT2D eigenvalue weighted by molar-refractivity contribution is 9.10. The van der Waals surface area contributed by atoms with Crippen molar-refractivity contribution in [1.82, 2.24) is 4.98 Å². The lowest BCUT2D eigenvalue weighted by molar-refractivity contribution is -0.115. The fourth-order valence-corrected chi connectivity index (χ4v) is 4.67. The fourth-order valence-electron chi connectivity index (χ4n) is 2.87. The average Bonchev–Trinajstić information content (AvgIpc) is 3.12. The molecule has 0 spiro atoms. The van der Waals surface area contributed by atoms with Crippen molar-refractivity contribution in [3.05, 3.63) is 51.5 Å². The quantitative estimate of drug-likeness (QED) is 0.702. The molecule has 1 amide bonds. The van der Waals surface area contributed by atoms with Gasteiger partial charge in [-0.1, -0.05) is 23.5 Å². The Hall–Kier alpha value is -1.92. The lowest BCUT2D eigenvalue weighted by Gasteiger charge is -2.04. The van der Waals surface area contributed by atoms with E-state index in [0.717, 1.165) is 44.6 Å². The van der Waals surface area contributed by atoms with Gasteiger partial charge in [0.05, 0.1) is 23.2 Å². The summed E-state index contributed by atoms with van der Waals surface area (Å²) >= 11 is 5.02. The molecule has 0 radical (unpaired) electrons. The molecule has 0 saturated carbocycles. The van der Waals surface area contributed by atoms with E-state index >= 15 is 0 Å². The second-order valence-electron chi connectivity index (χ2n) is 5.88. The number of carbonyl (C=O) groups excluding carboxylic acids is 1. The number of ether oxygens (including phenoxy) is 1. The first kappa shape index (κ1) is 15.6. The minimum atomic E-state index is -0.0548. The van der Waals surface area contributed by atoms with Crippen molar-refractivity contribution in [3.8, 4) is 5.75 Å². The summed E-state index contributed by atoms with van der Waals surface area (Å²) < 4.78 is 7.51. The smallest absolute Gasteiger partial charge is 0.230 e. The summed E-state index contributed by atoms with van der Waals surface area (Å²) in [6, 6.07) is 10.1. The van der Waals surface area contributed by atoms with Gasteiger partial charge in [0.1, 0.15) is 5.75 Å². The number of carbonyl (C=O) groups is 1. The summed E-state index contributed by atoms with van der Waals surface area (Å²) in [6.07, 6.45) is 1.25. The number of amides is 1. The van der Waals surface area contributed by atoms with Crippen molar-refractivity contribution in [2.45, 2.75) is 19.8 Å². The molecule has 0 saturated heterocycles. The van der Waals surface area contributed by atoms with Crippen molar-refractivity contribution in [2.75, 3.05) is 11.9 Å². The van der Waals surface area contributed by atoms with Gasteiger partial charge >= 0.3 is 0 Å². The number of nitrogens with zero attached hydrogens (tertiary/aromatic N) is 1. The van der Waals surface area contributed by atoms with Gasteiger partial charge in [0.15, 0.2) is 5.13 Å². The van der Waals surface area contributed by atoms with E-state index in [9.17, 15) is 4.79 Å². The van der Waals surface area contributed by atoms with Crippen molar-refractivity contribution in [1.29, 1.82) is 0 Å². The zero-order valence-electron chi connectivity index (χ0n) is 13.1. The molecule has 24 heavy (non-hydrogen) atoms. The molecule has 1 N–H and O–H groups in total. The number of nitrogens with one attached hydrogen (secondary N) is 1. The first-order valence-corrected chi connectivity index (χ1v) is 9.30. The van der Waals surface area contributed by atoms with Gasteiger partial charge in [-0.05, 0) is 57.7 Å². The molecular weight excluding hydrogens is 388 g/mol. The third-order valence-corrected chi connectivity index (χ3v) is 5.48. The van der Waals surface area contributed by atoms with Gasteiger partial charge in [-0.2, -0.15) is 0 Å². The Morgan fingerprint density at radius 1 is 1.38 bits per heavy atom. The molecule has 0 bridgehead atoms. The summed E-state index contributed by atoms with van der Waals surface area (Å²) in [5.74, 6) is 0.881. The highest BCUT2D eigenvalue weighted by Gasteiger charge is 2.14. The van der Waals surface area contributed by atoms with Crippen LogP contribution < -0.4 is 10.1 Å². The van der Waals surface area contributed by atoms with Gasteiger partial charge in [-0.15, -0.1) is 0 Å². The third-order valence-electron chi connectivity index (χ3n) is 3.96. The van der Waals surface area contributed by atoms with Gasteiger partial charge in [0, 0.05) is 10.9 Å². The van der Waals surface area contributed by atoms with E-state index in [0.29, 0.717) is 11.6 Å². The Morgan fingerprint density at radius 2 is 2.25 bits per heavy atom. The van der Waals surface area contributed by atoms with E-state index < -0.39 is 0 Å². The van der Waals surface area contributed by atoms with Crippen molar-refractivity contribution in [3.63, 3.8) is 0 Å². The maximum absolute atomic E-state index is 12.3. The van der Waals surface area contributed by atoms with Crippen LogP contribution in [0.15, 0.2) is 34.8 Å². The van der Waals surface area contributed by atoms with Crippen LogP contribution in [0.4, 0.5) is 5.13 Å². The second kappa shape index (κ2) is 6.18. The van der Waals surface area contributed by atoms with E-state index in [2.05, 4.69) is 38.4 Å². The van der Waals surface area contributed by atoms with Crippen LogP contribution in [0.5, 0.6) is 5.75 Å². The molecule has 0 unspecified atom stereocenters. The Kier molecular flexibility index (Phi) is 4.02. The van der Waals surface area contributed by atoms with Crippen LogP contribution in [0, 0.1) is 6.92 Å². The first-order valence-electron chi connectivity index (χ1n) is 7.69. The molecule has 4 rings (SSSR count). The van der Waals surface area contributed by atoms with Gasteiger partial charge < -0.3 is 10.1 Å². The normalized spacial score (nSPS) is 12.9. The number of halogens is 1. The van der Waals surface area contributed by atoms with Crippen LogP contribution in [0.3, 0.4) is 0 Å². The third kappa shape index (κ3) is 3.03. The van der Waals surface area contributed by atoms with Crippen LogP contribution in [-0.2, 0) is 17.6 Å². The maximum Gasteiger partial charge on any atom is 0.230 e. The molecule has 2 heterocycles. The van der Waals surface area contributed by atoms with E-state index in [1.165, 1.54) is 16.9 Å². The molecule has 3 aromatic rings. The Balaban J connectivity index is 1.51. The molecule has 122 valence electrons. The van der Waals surface area contributed by atoms with Gasteiger partial charge in [0.2, 0.25) is 5.91 Å². The van der Waals surface area contributed by atoms with E-state index in [4.69, 9.17) is 4.74 Å². The molecule has 1 aliphatic heterocycles. The number of rotatable bonds is 3. The van der Waals surface area contributed by atoms with Crippen LogP contribution in [-0.4, -0.2) is 17.5 Å². The van der Waals surface area contributed by atoms with Crippen LogP contribution in [0.2, 0.25) is 0 Å². The van der Waals surface area contributed by atoms with E-state index in [1.54, 1.807) is 0 Å². The van der Waals surface area contributed by atoms with E-state index in [1.807, 2.05) is 25.1 Å². The van der Waals surface area contributed by atoms with Crippen molar-refractivity contribution < 1.29 is 9.53 Å². The molecule has 0 aliphatic carbocycles. The minimum absolute atomic E-state index is 0.0548. The van der Waals surface area contributed by atoms with Crippen molar-refractivity contribution >= 4 is 48.5 Å². The monoisotopic (exact) mass is 402 g/mol. The Bertz CT molecular complexity index is 952. The molecule has 1 aliphatic rings. The number of benzene rings is 2. The van der Waals surface area contributed by atoms with Gasteiger partial charge in [-0.25, -0.2) is 4.98 Å². The molecule has 1 aromatic heterocycles. The summed E-state index contributed by atoms with van der Waals surface area (Å²) in [5, 5.41) is 3.54. The molecular formula is C18H15BrN2O2S. The molecule has 0 fully saturated rings.